The average molecular weight is 270 g/mol. The fourth-order valence-corrected chi connectivity index (χ4v) is 1.17. The van der Waals surface area contributed by atoms with Gasteiger partial charge in [0, 0.05) is 0 Å². The number of nitrogens with two attached hydrogens (primary N) is 1. The van der Waals surface area contributed by atoms with Crippen LogP contribution in [0.5, 0.6) is 0 Å². The number of pyridine rings is 1. The maximum atomic E-state index is 12.1. The lowest BCUT2D eigenvalue weighted by Crippen LogP contribution is -1.95. The Labute approximate surface area is 75.9 Å². The molecule has 2 N–H and O–H groups in total. The standard InChI is InChI=1S/C6H5F2IN2/c7-5(8)4-1-3(10)2-11-6(4)9/h1-2,5H,10H2. The van der Waals surface area contributed by atoms with E-state index in [0.29, 0.717) is 3.70 Å². The number of aromatic nitrogens is 1. The van der Waals surface area contributed by atoms with Crippen LogP contribution < -0.4 is 5.73 Å². The predicted molar refractivity (Wildman–Crippen MR) is 46.3 cm³/mol. The van der Waals surface area contributed by atoms with Gasteiger partial charge in [0.15, 0.2) is 0 Å². The van der Waals surface area contributed by atoms with E-state index in [1.807, 2.05) is 0 Å². The zero-order valence-corrected chi connectivity index (χ0v) is 7.55. The molecule has 0 spiro atoms. The van der Waals surface area contributed by atoms with Crippen LogP contribution in [0.1, 0.15) is 12.0 Å². The number of anilines is 1. The molecule has 0 aliphatic rings. The van der Waals surface area contributed by atoms with Gasteiger partial charge in [0.25, 0.3) is 6.43 Å². The summed E-state index contributed by atoms with van der Waals surface area (Å²) in [5.41, 5.74) is 5.42. The molecule has 0 aromatic carbocycles. The van der Waals surface area contributed by atoms with Crippen LogP contribution in [0, 0.1) is 3.70 Å². The summed E-state index contributed by atoms with van der Waals surface area (Å²) in [7, 11) is 0. The van der Waals surface area contributed by atoms with E-state index in [0.717, 1.165) is 0 Å². The van der Waals surface area contributed by atoms with Crippen LogP contribution in [0.15, 0.2) is 12.3 Å². The van der Waals surface area contributed by atoms with Crippen molar-refractivity contribution in [1.82, 2.24) is 4.98 Å². The van der Waals surface area contributed by atoms with E-state index in [-0.39, 0.29) is 11.3 Å². The third kappa shape index (κ3) is 1.98. The number of rotatable bonds is 1. The third-order valence-electron chi connectivity index (χ3n) is 1.12. The van der Waals surface area contributed by atoms with Crippen LogP contribution in [0.3, 0.4) is 0 Å². The summed E-state index contributed by atoms with van der Waals surface area (Å²) in [6.07, 6.45) is -1.15. The smallest absolute Gasteiger partial charge is 0.266 e. The molecule has 1 rings (SSSR count). The maximum Gasteiger partial charge on any atom is 0.266 e. The van der Waals surface area contributed by atoms with Crippen LogP contribution in [-0.4, -0.2) is 4.98 Å². The van der Waals surface area contributed by atoms with Crippen LogP contribution in [0.2, 0.25) is 0 Å². The Kier molecular flexibility index (Phi) is 2.58. The number of nitrogens with zero attached hydrogens (tertiary/aromatic N) is 1. The van der Waals surface area contributed by atoms with E-state index < -0.39 is 6.43 Å². The van der Waals surface area contributed by atoms with Crippen molar-refractivity contribution < 1.29 is 8.78 Å². The van der Waals surface area contributed by atoms with Crippen molar-refractivity contribution in [1.29, 1.82) is 0 Å². The first-order valence-electron chi connectivity index (χ1n) is 2.80. The van der Waals surface area contributed by atoms with Gasteiger partial charge in [-0.3, -0.25) is 0 Å². The Morgan fingerprint density at radius 2 is 2.18 bits per heavy atom. The van der Waals surface area contributed by atoms with Crippen LogP contribution >= 0.6 is 22.6 Å². The Balaban J connectivity index is 3.13. The van der Waals surface area contributed by atoms with Gasteiger partial charge in [-0.25, -0.2) is 13.8 Å². The molecule has 0 amide bonds. The molecule has 1 aromatic rings. The monoisotopic (exact) mass is 270 g/mol. The molecule has 1 aromatic heterocycles. The SMILES string of the molecule is Nc1cnc(I)c(C(F)F)c1. The second-order valence-electron chi connectivity index (χ2n) is 1.95. The average Bonchev–Trinajstić information content (AvgIpc) is 1.94. The topological polar surface area (TPSA) is 38.9 Å². The van der Waals surface area contributed by atoms with Gasteiger partial charge in [-0.1, -0.05) is 0 Å². The molecule has 0 saturated heterocycles. The summed E-state index contributed by atoms with van der Waals surface area (Å²) < 4.78 is 24.5. The van der Waals surface area contributed by atoms with E-state index in [9.17, 15) is 8.78 Å². The lowest BCUT2D eigenvalue weighted by atomic mass is 10.3. The first kappa shape index (κ1) is 8.63. The van der Waals surface area contributed by atoms with Gasteiger partial charge in [0.2, 0.25) is 0 Å². The number of hydrogen-bond acceptors (Lipinski definition) is 2. The first-order chi connectivity index (χ1) is 5.11. The van der Waals surface area contributed by atoms with Gasteiger partial charge >= 0.3 is 0 Å². The molecule has 0 fully saturated rings. The van der Waals surface area contributed by atoms with Crippen molar-refractivity contribution in [3.63, 3.8) is 0 Å². The van der Waals surface area contributed by atoms with Gasteiger partial charge < -0.3 is 5.73 Å². The molecule has 0 aliphatic heterocycles. The highest BCUT2D eigenvalue weighted by Gasteiger charge is 2.11. The highest BCUT2D eigenvalue weighted by molar-refractivity contribution is 14.1. The lowest BCUT2D eigenvalue weighted by Gasteiger charge is -2.01. The minimum atomic E-state index is -2.50. The number of nitrogen functional groups attached to an aromatic ring is 1. The van der Waals surface area contributed by atoms with Crippen molar-refractivity contribution in [2.45, 2.75) is 6.43 Å². The Bertz CT molecular complexity index is 265. The van der Waals surface area contributed by atoms with Gasteiger partial charge in [-0.05, 0) is 28.7 Å². The van der Waals surface area contributed by atoms with Crippen molar-refractivity contribution >= 4 is 28.3 Å². The summed E-state index contributed by atoms with van der Waals surface area (Å²) in [5, 5.41) is 0. The summed E-state index contributed by atoms with van der Waals surface area (Å²) in [4.78, 5) is 3.68. The number of halogens is 3. The molecule has 0 unspecified atom stereocenters. The molecular weight excluding hydrogens is 265 g/mol. The summed E-state index contributed by atoms with van der Waals surface area (Å²) in [6.45, 7) is 0. The van der Waals surface area contributed by atoms with Crippen LogP contribution in [-0.2, 0) is 0 Å². The minimum absolute atomic E-state index is 0.106. The number of alkyl halides is 2. The second kappa shape index (κ2) is 3.29. The Hall–Kier alpha value is -0.460. The Morgan fingerprint density at radius 1 is 1.55 bits per heavy atom. The van der Waals surface area contributed by atoms with Gasteiger partial charge in [-0.15, -0.1) is 0 Å². The predicted octanol–water partition coefficient (Wildman–Crippen LogP) is 2.21. The van der Waals surface area contributed by atoms with Crippen molar-refractivity contribution in [3.8, 4) is 0 Å². The Morgan fingerprint density at radius 3 is 2.64 bits per heavy atom. The molecule has 0 bridgehead atoms. The van der Waals surface area contributed by atoms with Crippen LogP contribution in [0.25, 0.3) is 0 Å². The molecule has 0 radical (unpaired) electrons. The summed E-state index contributed by atoms with van der Waals surface area (Å²) in [5.74, 6) is 0. The molecule has 11 heavy (non-hydrogen) atoms. The zero-order chi connectivity index (χ0) is 8.43. The summed E-state index contributed by atoms with van der Waals surface area (Å²) in [6, 6.07) is 1.24. The lowest BCUT2D eigenvalue weighted by molar-refractivity contribution is 0.150. The third-order valence-corrected chi connectivity index (χ3v) is 2.02. The van der Waals surface area contributed by atoms with Gasteiger partial charge in [0.1, 0.15) is 3.70 Å². The van der Waals surface area contributed by atoms with Crippen molar-refractivity contribution in [2.24, 2.45) is 0 Å². The molecule has 2 nitrogen and oxygen atoms in total. The molecule has 1 heterocycles. The van der Waals surface area contributed by atoms with E-state index in [4.69, 9.17) is 5.73 Å². The minimum Gasteiger partial charge on any atom is -0.397 e. The normalized spacial score (nSPS) is 10.5. The fraction of sp³-hybridized carbons (Fsp3) is 0.167. The van der Waals surface area contributed by atoms with Crippen molar-refractivity contribution in [3.05, 3.63) is 21.5 Å². The van der Waals surface area contributed by atoms with Gasteiger partial charge in [0.05, 0.1) is 17.4 Å². The second-order valence-corrected chi connectivity index (χ2v) is 2.97. The van der Waals surface area contributed by atoms with E-state index in [1.54, 1.807) is 22.6 Å². The fourth-order valence-electron chi connectivity index (χ4n) is 0.635. The van der Waals surface area contributed by atoms with Crippen LogP contribution in [0.4, 0.5) is 14.5 Å². The molecule has 0 atom stereocenters. The quantitative estimate of drug-likeness (QED) is 0.627. The van der Waals surface area contributed by atoms with E-state index >= 15 is 0 Å². The highest BCUT2D eigenvalue weighted by atomic mass is 127. The zero-order valence-electron chi connectivity index (χ0n) is 5.39. The van der Waals surface area contributed by atoms with E-state index in [2.05, 4.69) is 4.98 Å². The molecule has 0 saturated carbocycles. The molecular formula is C6H5F2IN2. The summed E-state index contributed by atoms with van der Waals surface area (Å²) >= 11 is 1.75. The molecule has 5 heteroatoms. The first-order valence-corrected chi connectivity index (χ1v) is 3.88. The molecule has 0 aliphatic carbocycles. The number of hydrogen-bond donors (Lipinski definition) is 1. The highest BCUT2D eigenvalue weighted by Crippen LogP contribution is 2.24. The molecule has 60 valence electrons. The van der Waals surface area contributed by atoms with E-state index in [1.165, 1.54) is 12.3 Å². The van der Waals surface area contributed by atoms with Gasteiger partial charge in [-0.2, -0.15) is 0 Å². The van der Waals surface area contributed by atoms with Crippen molar-refractivity contribution in [2.75, 3.05) is 5.73 Å². The largest absolute Gasteiger partial charge is 0.397 e. The maximum absolute atomic E-state index is 12.1.